The summed E-state index contributed by atoms with van der Waals surface area (Å²) in [5, 5.41) is 24.6. The van der Waals surface area contributed by atoms with E-state index in [0.29, 0.717) is 0 Å². The van der Waals surface area contributed by atoms with E-state index in [4.69, 9.17) is 24.2 Å². The van der Waals surface area contributed by atoms with Crippen LogP contribution < -0.4 is 9.97 Å². The molecule has 0 bridgehead atoms. The van der Waals surface area contributed by atoms with Crippen molar-refractivity contribution in [2.24, 2.45) is 0 Å². The SMILES string of the molecule is CC(C)(C)OC(=O)Nc1nn(C(=O)OC(C)(C)C)c2ncc(OB(O)O)cc12. The fourth-order valence-corrected chi connectivity index (χ4v) is 2.09. The van der Waals surface area contributed by atoms with Gasteiger partial charge in [0.1, 0.15) is 17.0 Å². The molecule has 0 aromatic carbocycles. The minimum absolute atomic E-state index is 0.0153. The monoisotopic (exact) mass is 394 g/mol. The summed E-state index contributed by atoms with van der Waals surface area (Å²) in [5.41, 5.74) is -1.46. The van der Waals surface area contributed by atoms with Crippen LogP contribution in [0.5, 0.6) is 5.75 Å². The number of carbonyl (C=O) groups excluding carboxylic acids is 2. The molecule has 28 heavy (non-hydrogen) atoms. The third-order valence-corrected chi connectivity index (χ3v) is 2.92. The molecule has 0 radical (unpaired) electrons. The number of hydrogen-bond donors (Lipinski definition) is 3. The lowest BCUT2D eigenvalue weighted by atomic mass is 10.2. The van der Waals surface area contributed by atoms with E-state index in [9.17, 15) is 9.59 Å². The highest BCUT2D eigenvalue weighted by atomic mass is 16.6. The number of hydrogen-bond acceptors (Lipinski definition) is 9. The van der Waals surface area contributed by atoms with Crippen molar-refractivity contribution in [2.75, 3.05) is 5.32 Å². The Labute approximate surface area is 161 Å². The summed E-state index contributed by atoms with van der Waals surface area (Å²) in [6, 6.07) is 1.34. The molecule has 3 N–H and O–H groups in total. The summed E-state index contributed by atoms with van der Waals surface area (Å²) in [4.78, 5) is 28.6. The maximum Gasteiger partial charge on any atom is 0.707 e. The van der Waals surface area contributed by atoms with Crippen LogP contribution in [-0.2, 0) is 9.47 Å². The lowest BCUT2D eigenvalue weighted by Gasteiger charge is -2.19. The molecule has 12 heteroatoms. The maximum absolute atomic E-state index is 12.4. The Bertz CT molecular complexity index is 883. The van der Waals surface area contributed by atoms with Crippen LogP contribution in [0.3, 0.4) is 0 Å². The number of pyridine rings is 1. The summed E-state index contributed by atoms with van der Waals surface area (Å²) < 4.78 is 16.1. The van der Waals surface area contributed by atoms with Gasteiger partial charge in [0.15, 0.2) is 11.5 Å². The van der Waals surface area contributed by atoms with E-state index in [1.165, 1.54) is 12.3 Å². The molecule has 0 aliphatic rings. The second-order valence-corrected chi connectivity index (χ2v) is 7.85. The first-order valence-corrected chi connectivity index (χ1v) is 8.40. The van der Waals surface area contributed by atoms with Gasteiger partial charge in [0.05, 0.1) is 11.6 Å². The lowest BCUT2D eigenvalue weighted by molar-refractivity contribution is 0.0519. The average molecular weight is 394 g/mol. The number of carbonyl (C=O) groups is 2. The molecule has 2 heterocycles. The summed E-state index contributed by atoms with van der Waals surface area (Å²) in [5.74, 6) is -0.0565. The van der Waals surface area contributed by atoms with Gasteiger partial charge in [-0.2, -0.15) is 0 Å². The number of nitrogens with one attached hydrogen (secondary N) is 1. The Kier molecular flexibility index (Phi) is 5.85. The van der Waals surface area contributed by atoms with Crippen molar-refractivity contribution in [1.82, 2.24) is 14.8 Å². The van der Waals surface area contributed by atoms with Crippen LogP contribution >= 0.6 is 0 Å². The molecular weight excluding hydrogens is 371 g/mol. The van der Waals surface area contributed by atoms with Gasteiger partial charge >= 0.3 is 19.5 Å². The maximum atomic E-state index is 12.4. The second kappa shape index (κ2) is 7.64. The number of anilines is 1. The second-order valence-electron chi connectivity index (χ2n) is 7.85. The van der Waals surface area contributed by atoms with Crippen molar-refractivity contribution in [3.8, 4) is 5.75 Å². The van der Waals surface area contributed by atoms with E-state index in [-0.39, 0.29) is 22.6 Å². The zero-order chi connectivity index (χ0) is 21.3. The van der Waals surface area contributed by atoms with Gasteiger partial charge in [-0.05, 0) is 47.6 Å². The van der Waals surface area contributed by atoms with Crippen molar-refractivity contribution < 1.29 is 33.8 Å². The first-order valence-electron chi connectivity index (χ1n) is 8.40. The number of aromatic nitrogens is 3. The predicted octanol–water partition coefficient (Wildman–Crippen LogP) is 1.91. The standard InChI is InChI=1S/C16H23BN4O7/c1-15(2,3)26-13(22)19-11-10-7-9(28-17(24)25)8-18-12(10)21(20-11)14(23)27-16(4,5)6/h7-8,24-25H,1-6H3,(H,19,20,22). The number of rotatable bonds is 3. The van der Waals surface area contributed by atoms with Crippen molar-refractivity contribution in [3.05, 3.63) is 12.3 Å². The zero-order valence-corrected chi connectivity index (χ0v) is 16.5. The van der Waals surface area contributed by atoms with Gasteiger partial charge < -0.3 is 24.2 Å². The molecule has 0 spiro atoms. The number of ether oxygens (including phenoxy) is 2. The van der Waals surface area contributed by atoms with Gasteiger partial charge in [0.2, 0.25) is 0 Å². The van der Waals surface area contributed by atoms with Crippen LogP contribution in [0.25, 0.3) is 11.0 Å². The highest BCUT2D eigenvalue weighted by Gasteiger charge is 2.26. The van der Waals surface area contributed by atoms with Crippen LogP contribution in [0, 0.1) is 0 Å². The smallest absolute Gasteiger partial charge is 0.511 e. The molecule has 2 aromatic heterocycles. The fraction of sp³-hybridized carbons (Fsp3) is 0.500. The Morgan fingerprint density at radius 2 is 1.71 bits per heavy atom. The van der Waals surface area contributed by atoms with Gasteiger partial charge in [0.25, 0.3) is 0 Å². The molecule has 1 amide bonds. The van der Waals surface area contributed by atoms with Gasteiger partial charge in [-0.15, -0.1) is 9.78 Å². The molecule has 0 saturated carbocycles. The Hall–Kier alpha value is -2.86. The van der Waals surface area contributed by atoms with Crippen LogP contribution in [0.1, 0.15) is 41.5 Å². The highest BCUT2D eigenvalue weighted by molar-refractivity contribution is 6.33. The minimum atomic E-state index is -2.07. The van der Waals surface area contributed by atoms with Crippen molar-refractivity contribution in [3.63, 3.8) is 0 Å². The lowest BCUT2D eigenvalue weighted by Crippen LogP contribution is -2.28. The van der Waals surface area contributed by atoms with Crippen LogP contribution in [0.15, 0.2) is 12.3 Å². The van der Waals surface area contributed by atoms with Gasteiger partial charge in [-0.1, -0.05) is 0 Å². The van der Waals surface area contributed by atoms with Gasteiger partial charge in [0, 0.05) is 0 Å². The third kappa shape index (κ3) is 5.82. The third-order valence-electron chi connectivity index (χ3n) is 2.92. The summed E-state index contributed by atoms with van der Waals surface area (Å²) in [6.45, 7) is 10.2. The van der Waals surface area contributed by atoms with E-state index < -0.39 is 30.7 Å². The highest BCUT2D eigenvalue weighted by Crippen LogP contribution is 2.27. The molecule has 2 rings (SSSR count). The van der Waals surface area contributed by atoms with Crippen molar-refractivity contribution in [2.45, 2.75) is 52.7 Å². The molecule has 11 nitrogen and oxygen atoms in total. The average Bonchev–Trinajstić information content (AvgIpc) is 2.81. The van der Waals surface area contributed by atoms with Crippen LogP contribution in [0.2, 0.25) is 0 Å². The number of fused-ring (bicyclic) bond motifs is 1. The summed E-state index contributed by atoms with van der Waals surface area (Å²) in [7, 11) is -2.07. The van der Waals surface area contributed by atoms with Crippen molar-refractivity contribution in [1.29, 1.82) is 0 Å². The molecule has 0 aliphatic heterocycles. The topological polar surface area (TPSA) is 145 Å². The molecular formula is C16H23BN4O7. The van der Waals surface area contributed by atoms with E-state index in [0.717, 1.165) is 4.68 Å². The van der Waals surface area contributed by atoms with Gasteiger partial charge in [-0.3, -0.25) is 5.32 Å². The molecule has 152 valence electrons. The van der Waals surface area contributed by atoms with E-state index >= 15 is 0 Å². The van der Waals surface area contributed by atoms with E-state index in [1.807, 2.05) is 0 Å². The number of amides is 1. The zero-order valence-electron chi connectivity index (χ0n) is 16.5. The first kappa shape index (κ1) is 21.4. The van der Waals surface area contributed by atoms with Gasteiger partial charge in [-0.25, -0.2) is 14.6 Å². The molecule has 0 saturated heterocycles. The molecule has 0 fully saturated rings. The van der Waals surface area contributed by atoms with Crippen molar-refractivity contribution >= 4 is 36.4 Å². The molecule has 0 aliphatic carbocycles. The normalized spacial score (nSPS) is 11.9. The number of nitrogens with zero attached hydrogens (tertiary/aromatic N) is 3. The summed E-state index contributed by atoms with van der Waals surface area (Å²) in [6.07, 6.45) is -0.434. The molecule has 2 aromatic rings. The van der Waals surface area contributed by atoms with E-state index in [1.54, 1.807) is 41.5 Å². The minimum Gasteiger partial charge on any atom is -0.511 e. The molecule has 0 unspecified atom stereocenters. The Morgan fingerprint density at radius 1 is 1.11 bits per heavy atom. The molecule has 0 atom stereocenters. The quantitative estimate of drug-likeness (QED) is 0.665. The first-order chi connectivity index (χ1) is 12.7. The van der Waals surface area contributed by atoms with E-state index in [2.05, 4.69) is 15.4 Å². The fourth-order valence-electron chi connectivity index (χ4n) is 2.09. The predicted molar refractivity (Wildman–Crippen MR) is 99.8 cm³/mol. The Balaban J connectivity index is 2.47. The van der Waals surface area contributed by atoms with Crippen LogP contribution in [-0.4, -0.2) is 55.5 Å². The Morgan fingerprint density at radius 3 is 2.25 bits per heavy atom. The van der Waals surface area contributed by atoms with Crippen LogP contribution in [0.4, 0.5) is 15.4 Å². The summed E-state index contributed by atoms with van der Waals surface area (Å²) >= 11 is 0. The largest absolute Gasteiger partial charge is 0.707 e.